The molecule has 0 saturated carbocycles. The summed E-state index contributed by atoms with van der Waals surface area (Å²) in [5.74, 6) is -0.532. The van der Waals surface area contributed by atoms with E-state index in [4.69, 9.17) is 0 Å². The third kappa shape index (κ3) is 5.23. The zero-order valence-corrected chi connectivity index (χ0v) is 17.0. The van der Waals surface area contributed by atoms with Gasteiger partial charge in [0.25, 0.3) is 11.8 Å². The minimum Gasteiger partial charge on any atom is -0.322 e. The molecule has 0 atom stereocenters. The molecule has 148 valence electrons. The van der Waals surface area contributed by atoms with Crippen molar-refractivity contribution in [2.45, 2.75) is 12.7 Å². The van der Waals surface area contributed by atoms with Crippen molar-refractivity contribution >= 4 is 35.0 Å². The van der Waals surface area contributed by atoms with Crippen LogP contribution in [0, 0.1) is 12.7 Å². The average molecular weight is 408 g/mol. The zero-order chi connectivity index (χ0) is 20.8. The topological polar surface area (TPSA) is 58.2 Å². The number of halogens is 1. The van der Waals surface area contributed by atoms with Crippen molar-refractivity contribution < 1.29 is 14.0 Å². The summed E-state index contributed by atoms with van der Waals surface area (Å²) >= 11 is 1.73. The van der Waals surface area contributed by atoms with Gasteiger partial charge in [-0.25, -0.2) is 4.39 Å². The van der Waals surface area contributed by atoms with Gasteiger partial charge in [0.15, 0.2) is 0 Å². The van der Waals surface area contributed by atoms with Crippen LogP contribution in [0.1, 0.15) is 31.8 Å². The molecule has 3 aromatic rings. The Bertz CT molecular complexity index is 1040. The van der Waals surface area contributed by atoms with E-state index in [0.29, 0.717) is 16.9 Å². The molecule has 0 unspecified atom stereocenters. The molecule has 0 spiro atoms. The quantitative estimate of drug-likeness (QED) is 0.566. The summed E-state index contributed by atoms with van der Waals surface area (Å²) < 4.78 is 13.8. The van der Waals surface area contributed by atoms with Crippen molar-refractivity contribution in [3.05, 3.63) is 94.8 Å². The molecule has 0 heterocycles. The fourth-order valence-electron chi connectivity index (χ4n) is 2.79. The molecule has 0 aromatic heterocycles. The highest BCUT2D eigenvalue weighted by molar-refractivity contribution is 7.97. The van der Waals surface area contributed by atoms with Crippen molar-refractivity contribution in [2.75, 3.05) is 16.9 Å². The second kappa shape index (κ2) is 9.39. The lowest BCUT2D eigenvalue weighted by Gasteiger charge is -2.12. The number of benzene rings is 3. The number of hydrogen-bond acceptors (Lipinski definition) is 3. The number of nitrogens with one attached hydrogen (secondary N) is 2. The van der Waals surface area contributed by atoms with Crippen LogP contribution in [-0.4, -0.2) is 18.1 Å². The summed E-state index contributed by atoms with van der Waals surface area (Å²) in [5, 5.41) is 5.54. The molecule has 0 bridgehead atoms. The smallest absolute Gasteiger partial charge is 0.258 e. The summed E-state index contributed by atoms with van der Waals surface area (Å²) in [6, 6.07) is 18.5. The first-order valence-electron chi connectivity index (χ1n) is 9.03. The lowest BCUT2D eigenvalue weighted by atomic mass is 10.1. The average Bonchev–Trinajstić information content (AvgIpc) is 2.71. The summed E-state index contributed by atoms with van der Waals surface area (Å²) in [6.45, 7) is 1.81. The largest absolute Gasteiger partial charge is 0.322 e. The molecule has 0 radical (unpaired) electrons. The molecular weight excluding hydrogens is 387 g/mol. The van der Waals surface area contributed by atoms with Crippen LogP contribution in [-0.2, 0) is 5.75 Å². The maximum Gasteiger partial charge on any atom is 0.258 e. The summed E-state index contributed by atoms with van der Waals surface area (Å²) in [7, 11) is 0. The molecule has 4 nitrogen and oxygen atoms in total. The van der Waals surface area contributed by atoms with Gasteiger partial charge >= 0.3 is 0 Å². The van der Waals surface area contributed by atoms with Crippen molar-refractivity contribution in [1.29, 1.82) is 0 Å². The summed E-state index contributed by atoms with van der Waals surface area (Å²) in [6.07, 6.45) is 2.04. The second-order valence-electron chi connectivity index (χ2n) is 6.55. The summed E-state index contributed by atoms with van der Waals surface area (Å²) in [5.41, 5.74) is 3.45. The van der Waals surface area contributed by atoms with Crippen LogP contribution in [0.3, 0.4) is 0 Å². The zero-order valence-electron chi connectivity index (χ0n) is 16.2. The Kier molecular flexibility index (Phi) is 6.67. The molecule has 6 heteroatoms. The second-order valence-corrected chi connectivity index (χ2v) is 7.41. The predicted octanol–water partition coefficient (Wildman–Crippen LogP) is 5.50. The van der Waals surface area contributed by atoms with E-state index in [-0.39, 0.29) is 11.5 Å². The first-order chi connectivity index (χ1) is 14.0. The van der Waals surface area contributed by atoms with Crippen LogP contribution in [0.5, 0.6) is 0 Å². The van der Waals surface area contributed by atoms with Gasteiger partial charge in [-0.05, 0) is 60.7 Å². The highest BCUT2D eigenvalue weighted by Crippen LogP contribution is 2.20. The maximum absolute atomic E-state index is 13.8. The van der Waals surface area contributed by atoms with Crippen LogP contribution in [0.4, 0.5) is 15.8 Å². The number of anilines is 2. The lowest BCUT2D eigenvalue weighted by Crippen LogP contribution is -2.16. The van der Waals surface area contributed by atoms with Crippen LogP contribution in [0.2, 0.25) is 0 Å². The molecule has 0 aliphatic rings. The van der Waals surface area contributed by atoms with Crippen molar-refractivity contribution in [2.24, 2.45) is 0 Å². The highest BCUT2D eigenvalue weighted by Gasteiger charge is 2.14. The Labute approximate surface area is 173 Å². The van der Waals surface area contributed by atoms with E-state index < -0.39 is 11.7 Å². The minimum absolute atomic E-state index is 0.0490. The fourth-order valence-corrected chi connectivity index (χ4v) is 3.31. The van der Waals surface area contributed by atoms with E-state index in [1.807, 2.05) is 37.4 Å². The monoisotopic (exact) mass is 408 g/mol. The van der Waals surface area contributed by atoms with Crippen LogP contribution in [0.15, 0.2) is 66.7 Å². The molecule has 2 N–H and O–H groups in total. The minimum atomic E-state index is -0.596. The third-order valence-corrected chi connectivity index (χ3v) is 5.01. The Morgan fingerprint density at radius 1 is 0.931 bits per heavy atom. The van der Waals surface area contributed by atoms with E-state index in [1.54, 1.807) is 36.0 Å². The maximum atomic E-state index is 13.8. The van der Waals surface area contributed by atoms with Crippen molar-refractivity contribution in [3.63, 3.8) is 0 Å². The SMILES string of the molecule is CSCc1ccc(NC(=O)c2ccc(C)c(NC(=O)c3ccccc3F)c2)cc1. The fraction of sp³-hybridized carbons (Fsp3) is 0.130. The Balaban J connectivity index is 1.75. The van der Waals surface area contributed by atoms with E-state index in [2.05, 4.69) is 10.6 Å². The van der Waals surface area contributed by atoms with E-state index >= 15 is 0 Å². The number of carbonyl (C=O) groups excluding carboxylic acids is 2. The molecule has 3 rings (SSSR count). The van der Waals surface area contributed by atoms with Gasteiger partial charge in [-0.15, -0.1) is 0 Å². The van der Waals surface area contributed by atoms with Gasteiger partial charge in [0.2, 0.25) is 0 Å². The van der Waals surface area contributed by atoms with Gasteiger partial charge < -0.3 is 10.6 Å². The number of hydrogen-bond donors (Lipinski definition) is 2. The van der Waals surface area contributed by atoms with Gasteiger partial charge in [0.05, 0.1) is 5.56 Å². The third-order valence-electron chi connectivity index (χ3n) is 4.39. The summed E-state index contributed by atoms with van der Waals surface area (Å²) in [4.78, 5) is 25.0. The van der Waals surface area contributed by atoms with E-state index in [0.717, 1.165) is 11.3 Å². The standard InChI is InChI=1S/C23H21FN2O2S/c1-15-7-10-17(22(27)25-18-11-8-16(9-12-18)14-29-2)13-21(15)26-23(28)19-5-3-4-6-20(19)24/h3-13H,14H2,1-2H3,(H,25,27)(H,26,28). The number of carbonyl (C=O) groups is 2. The molecule has 0 aliphatic heterocycles. The number of rotatable bonds is 6. The molecule has 2 amide bonds. The Morgan fingerprint density at radius 2 is 1.66 bits per heavy atom. The Morgan fingerprint density at radius 3 is 2.34 bits per heavy atom. The van der Waals surface area contributed by atoms with Crippen molar-refractivity contribution in [3.8, 4) is 0 Å². The molecular formula is C23H21FN2O2S. The lowest BCUT2D eigenvalue weighted by molar-refractivity contribution is 0.101. The van der Waals surface area contributed by atoms with Crippen molar-refractivity contribution in [1.82, 2.24) is 0 Å². The van der Waals surface area contributed by atoms with Crippen LogP contribution >= 0.6 is 11.8 Å². The normalized spacial score (nSPS) is 10.4. The van der Waals surface area contributed by atoms with Gasteiger partial charge in [-0.1, -0.05) is 30.3 Å². The van der Waals surface area contributed by atoms with E-state index in [9.17, 15) is 14.0 Å². The first kappa shape index (κ1) is 20.6. The van der Waals surface area contributed by atoms with E-state index in [1.165, 1.54) is 23.8 Å². The van der Waals surface area contributed by atoms with Crippen LogP contribution in [0.25, 0.3) is 0 Å². The molecule has 3 aromatic carbocycles. The molecule has 0 aliphatic carbocycles. The van der Waals surface area contributed by atoms with Gasteiger partial charge in [0.1, 0.15) is 5.82 Å². The molecule has 0 fully saturated rings. The van der Waals surface area contributed by atoms with Crippen LogP contribution < -0.4 is 10.6 Å². The highest BCUT2D eigenvalue weighted by atomic mass is 32.2. The van der Waals surface area contributed by atoms with Gasteiger partial charge in [-0.3, -0.25) is 9.59 Å². The first-order valence-corrected chi connectivity index (χ1v) is 10.4. The van der Waals surface area contributed by atoms with Gasteiger partial charge in [0, 0.05) is 22.7 Å². The molecule has 0 saturated heterocycles. The molecule has 29 heavy (non-hydrogen) atoms. The number of amides is 2. The Hall–Kier alpha value is -3.12. The number of aryl methyl sites for hydroxylation is 1. The predicted molar refractivity (Wildman–Crippen MR) is 117 cm³/mol. The number of thioether (sulfide) groups is 1. The van der Waals surface area contributed by atoms with Gasteiger partial charge in [-0.2, -0.15) is 11.8 Å².